The summed E-state index contributed by atoms with van der Waals surface area (Å²) >= 11 is 0. The van der Waals surface area contributed by atoms with Crippen LogP contribution in [-0.2, 0) is 20.4 Å². The molecule has 0 amide bonds. The molecule has 2 aliphatic heterocycles. The third-order valence-corrected chi connectivity index (χ3v) is 15.5. The second-order valence-corrected chi connectivity index (χ2v) is 24.7. The van der Waals surface area contributed by atoms with E-state index in [9.17, 15) is 34.5 Å². The fourth-order valence-corrected chi connectivity index (χ4v) is 15.2. The molecule has 0 unspecified atom stereocenters. The van der Waals surface area contributed by atoms with Crippen molar-refractivity contribution in [1.29, 1.82) is 21.0 Å². The van der Waals surface area contributed by atoms with Gasteiger partial charge in [0.2, 0.25) is 0 Å². The van der Waals surface area contributed by atoms with Gasteiger partial charge in [-0.1, -0.05) is 72.8 Å². The second kappa shape index (κ2) is 39.9. The zero-order valence-electron chi connectivity index (χ0n) is 39.3. The number of anilines is 4. The zero-order chi connectivity index (χ0) is 50.6. The first-order valence-corrected chi connectivity index (χ1v) is 30.2. The molecule has 0 bridgehead atoms. The predicted octanol–water partition coefficient (Wildman–Crippen LogP) is 13.8. The first-order valence-electron chi connectivity index (χ1n) is 20.5. The van der Waals surface area contributed by atoms with Crippen molar-refractivity contribution >= 4 is 68.9 Å². The molecule has 0 saturated carbocycles. The van der Waals surface area contributed by atoms with Gasteiger partial charge in [0.05, 0.1) is 50.9 Å². The molecule has 4 aromatic carbocycles. The van der Waals surface area contributed by atoms with Crippen molar-refractivity contribution < 1.29 is 54.9 Å². The standard InChI is InChI=1S/2C18H24N2P2.4C2H3N.2BF4.Pd/c2*1-21-13-19(17-9-5-3-6-10-17)15-22(2)16-20(14-21)18-11-7-4-8-12-18;4*1-2-3;2*2-1(3,4)5;/h2*3-12H,13-16H2,1-2H3;4*1H3;;;/q;;;;;;2*-1;+2/p+4. The summed E-state index contributed by atoms with van der Waals surface area (Å²) in [6.07, 6.45) is 10.0. The van der Waals surface area contributed by atoms with Crippen molar-refractivity contribution in [2.75, 3.05) is 96.5 Å². The summed E-state index contributed by atoms with van der Waals surface area (Å²) in [5.74, 6) is 0. The zero-order valence-corrected chi connectivity index (χ0v) is 44.8. The minimum atomic E-state index is -6.00. The molecule has 4 aromatic rings. The van der Waals surface area contributed by atoms with Crippen LogP contribution in [0.1, 0.15) is 27.7 Å². The van der Waals surface area contributed by atoms with Gasteiger partial charge < -0.3 is 54.1 Å². The summed E-state index contributed by atoms with van der Waals surface area (Å²) in [6, 6.07) is 50.9. The van der Waals surface area contributed by atoms with Gasteiger partial charge in [-0.05, 0) is 48.5 Å². The summed E-state index contributed by atoms with van der Waals surface area (Å²) in [5.41, 5.74) is 5.63. The van der Waals surface area contributed by atoms with Crippen LogP contribution in [0.3, 0.4) is 0 Å². The van der Waals surface area contributed by atoms with Crippen LogP contribution in [0, 0.1) is 45.3 Å². The van der Waals surface area contributed by atoms with Crippen LogP contribution in [-0.4, -0.2) is 91.5 Å². The third kappa shape index (κ3) is 38.6. The number of halogens is 8. The maximum absolute atomic E-state index is 9.75. The molecule has 8 nitrogen and oxygen atoms in total. The molecule has 2 saturated heterocycles. The number of para-hydroxylation sites is 4. The third-order valence-electron chi connectivity index (χ3n) is 8.17. The Morgan fingerprint density at radius 1 is 0.343 bits per heavy atom. The van der Waals surface area contributed by atoms with Gasteiger partial charge in [-0.25, -0.2) is 0 Å². The van der Waals surface area contributed by atoms with E-state index in [2.05, 4.69) is 168 Å². The van der Waals surface area contributed by atoms with Crippen LogP contribution in [0.15, 0.2) is 121 Å². The van der Waals surface area contributed by atoms with Crippen LogP contribution in [0.4, 0.5) is 57.3 Å². The van der Waals surface area contributed by atoms with E-state index in [-0.39, 0.29) is 20.4 Å². The molecule has 0 spiro atoms. The van der Waals surface area contributed by atoms with Crippen LogP contribution in [0.2, 0.25) is 0 Å². The summed E-state index contributed by atoms with van der Waals surface area (Å²) in [4.78, 5) is 10.6. The Morgan fingerprint density at radius 3 is 0.552 bits per heavy atom. The normalized spacial score (nSPS) is 17.4. The molecule has 2 fully saturated rings. The monoisotopic (exact) mass is 1110 g/mol. The molecule has 0 aliphatic carbocycles. The van der Waals surface area contributed by atoms with Gasteiger partial charge in [0.1, 0.15) is 50.3 Å². The molecule has 0 atom stereocenters. The van der Waals surface area contributed by atoms with Gasteiger partial charge in [0.25, 0.3) is 0 Å². The maximum Gasteiger partial charge on any atom is 2.00 e. The molecule has 0 N–H and O–H groups in total. The number of nitrogens with zero attached hydrogens (tertiary/aromatic N) is 8. The largest absolute Gasteiger partial charge is 2.00 e. The van der Waals surface area contributed by atoms with Gasteiger partial charge in [-0.3, -0.25) is 0 Å². The van der Waals surface area contributed by atoms with Gasteiger partial charge in [0.15, 0.2) is 0 Å². The fraction of sp³-hybridized carbons (Fsp3) is 0.364. The second-order valence-electron chi connectivity index (χ2n) is 14.5. The number of rotatable bonds is 4. The topological polar surface area (TPSA) is 108 Å². The average Bonchev–Trinajstić information content (AvgIpc) is 3.23. The molecular weight excluding hydrogens is 1040 g/mol. The van der Waals surface area contributed by atoms with Crippen LogP contribution in [0.5, 0.6) is 0 Å². The number of nitriles is 4. The molecule has 368 valence electrons. The Morgan fingerprint density at radius 2 is 0.448 bits per heavy atom. The van der Waals surface area contributed by atoms with Crippen LogP contribution < -0.4 is 19.6 Å². The van der Waals surface area contributed by atoms with Crippen molar-refractivity contribution in [2.45, 2.75) is 27.7 Å². The predicted molar refractivity (Wildman–Crippen MR) is 277 cm³/mol. The van der Waals surface area contributed by atoms with Gasteiger partial charge in [-0.2, -0.15) is 21.0 Å². The Labute approximate surface area is 412 Å². The van der Waals surface area contributed by atoms with E-state index in [1.165, 1.54) is 101 Å². The average molecular weight is 1110 g/mol. The van der Waals surface area contributed by atoms with E-state index in [1.807, 2.05) is 0 Å². The van der Waals surface area contributed by atoms with E-state index >= 15 is 0 Å². The van der Waals surface area contributed by atoms with Crippen LogP contribution in [0.25, 0.3) is 0 Å². The molecule has 23 heteroatoms. The minimum Gasteiger partial charge on any atom is -0.418 e. The van der Waals surface area contributed by atoms with E-state index in [4.69, 9.17) is 21.0 Å². The summed E-state index contributed by atoms with van der Waals surface area (Å²) < 4.78 is 78.0. The van der Waals surface area contributed by atoms with Gasteiger partial charge in [-0.15, -0.1) is 0 Å². The SMILES string of the molecule is CC#N.CC#N.CC#N.CC#N.C[PH+]1CN(c2ccccc2)C[PH+](C)CN(c2ccccc2)C1.C[PH+]1CN(c2ccccc2)C[PH+](C)CN(c2ccccc2)C1.F[B-](F)(F)F.F[B-](F)(F)F.[Pd+2]. The molecular formula is C44H64B2F8N8P4Pd+4. The molecule has 0 aromatic heterocycles. The van der Waals surface area contributed by atoms with Gasteiger partial charge in [0, 0.05) is 82.1 Å². The maximum atomic E-state index is 9.75. The summed E-state index contributed by atoms with van der Waals surface area (Å²) in [6.45, 7) is 15.6. The minimum absolute atomic E-state index is 0. The Balaban J connectivity index is -0.000000845. The smallest absolute Gasteiger partial charge is 0.418 e. The first-order chi connectivity index (χ1) is 31.1. The first kappa shape index (κ1) is 67.3. The summed E-state index contributed by atoms with van der Waals surface area (Å²) in [5, 5.41) is 29.3. The van der Waals surface area contributed by atoms with E-state index in [0.717, 1.165) is 0 Å². The number of benzene rings is 4. The number of hydrogen-bond donors (Lipinski definition) is 0. The van der Waals surface area contributed by atoms with Crippen molar-refractivity contribution in [2.24, 2.45) is 0 Å². The van der Waals surface area contributed by atoms with E-state index < -0.39 is 46.2 Å². The molecule has 2 aliphatic rings. The van der Waals surface area contributed by atoms with E-state index in [1.54, 1.807) is 24.3 Å². The molecule has 2 heterocycles. The van der Waals surface area contributed by atoms with Crippen molar-refractivity contribution in [3.05, 3.63) is 121 Å². The number of hydrogen-bond acceptors (Lipinski definition) is 8. The molecule has 6 rings (SSSR count). The van der Waals surface area contributed by atoms with Crippen molar-refractivity contribution in [3.63, 3.8) is 0 Å². The summed E-state index contributed by atoms with van der Waals surface area (Å²) in [7, 11) is -13.6. The van der Waals surface area contributed by atoms with Crippen molar-refractivity contribution in [3.8, 4) is 24.3 Å². The van der Waals surface area contributed by atoms with Crippen molar-refractivity contribution in [1.82, 2.24) is 0 Å². The Bertz CT molecular complexity index is 1670. The Hall–Kier alpha value is -4.01. The quantitative estimate of drug-likeness (QED) is 0.113. The van der Waals surface area contributed by atoms with Gasteiger partial charge >= 0.3 is 34.9 Å². The van der Waals surface area contributed by atoms with E-state index in [0.29, 0.717) is 0 Å². The van der Waals surface area contributed by atoms with Crippen LogP contribution >= 0.6 is 31.7 Å². The molecule has 0 radical (unpaired) electrons. The molecule has 67 heavy (non-hydrogen) atoms. The Kier molecular flexibility index (Phi) is 40.1. The fourth-order valence-electron chi connectivity index (χ4n) is 6.32.